The van der Waals surface area contributed by atoms with Gasteiger partial charge in [-0.15, -0.1) is 24.0 Å². The monoisotopic (exact) mass is 443 g/mol. The molecule has 1 aromatic carbocycles. The number of aliphatic imine (C=N–C) groups is 1. The SMILES string of the molecule is CN=C(NCCc1ccc(OCC(C)C)cc1)NC1CC=CC1.I. The summed E-state index contributed by atoms with van der Waals surface area (Å²) in [6.45, 7) is 5.94. The smallest absolute Gasteiger partial charge is 0.191 e. The molecule has 0 fully saturated rings. The maximum absolute atomic E-state index is 5.71. The molecule has 2 N–H and O–H groups in total. The van der Waals surface area contributed by atoms with Gasteiger partial charge in [-0.25, -0.2) is 0 Å². The summed E-state index contributed by atoms with van der Waals surface area (Å²) in [5.41, 5.74) is 1.30. The van der Waals surface area contributed by atoms with Gasteiger partial charge in [-0.1, -0.05) is 38.1 Å². The highest BCUT2D eigenvalue weighted by molar-refractivity contribution is 14.0. The minimum absolute atomic E-state index is 0. The van der Waals surface area contributed by atoms with Crippen molar-refractivity contribution in [2.45, 2.75) is 39.2 Å². The Hall–Kier alpha value is -1.24. The van der Waals surface area contributed by atoms with Crippen molar-refractivity contribution in [1.82, 2.24) is 10.6 Å². The first-order valence-electron chi connectivity index (χ1n) is 8.51. The second kappa shape index (κ2) is 11.3. The van der Waals surface area contributed by atoms with Gasteiger partial charge < -0.3 is 15.4 Å². The Balaban J connectivity index is 0.00000288. The molecule has 0 heterocycles. The van der Waals surface area contributed by atoms with E-state index in [1.54, 1.807) is 0 Å². The van der Waals surface area contributed by atoms with Crippen LogP contribution in [0, 0.1) is 5.92 Å². The van der Waals surface area contributed by atoms with Crippen molar-refractivity contribution in [1.29, 1.82) is 0 Å². The van der Waals surface area contributed by atoms with Crippen LogP contribution in [0.1, 0.15) is 32.3 Å². The first kappa shape index (κ1) is 20.8. The van der Waals surface area contributed by atoms with E-state index in [0.717, 1.165) is 44.1 Å². The average Bonchev–Trinajstić information content (AvgIpc) is 3.06. The number of benzene rings is 1. The standard InChI is InChI=1S/C19H29N3O.HI/c1-15(2)14-23-18-10-8-16(9-11-18)12-13-21-19(20-3)22-17-6-4-5-7-17;/h4-5,8-11,15,17H,6-7,12-14H2,1-3H3,(H2,20,21,22);1H. The molecule has 0 spiro atoms. The molecule has 5 heteroatoms. The highest BCUT2D eigenvalue weighted by Crippen LogP contribution is 2.13. The molecule has 0 bridgehead atoms. The predicted octanol–water partition coefficient (Wildman–Crippen LogP) is 3.77. The van der Waals surface area contributed by atoms with Crippen LogP contribution in [-0.4, -0.2) is 32.2 Å². The summed E-state index contributed by atoms with van der Waals surface area (Å²) < 4.78 is 5.71. The summed E-state index contributed by atoms with van der Waals surface area (Å²) in [7, 11) is 1.82. The zero-order chi connectivity index (χ0) is 16.5. The zero-order valence-corrected chi connectivity index (χ0v) is 17.2. The van der Waals surface area contributed by atoms with Crippen LogP contribution in [-0.2, 0) is 6.42 Å². The first-order chi connectivity index (χ1) is 11.2. The number of hydrogen-bond acceptors (Lipinski definition) is 2. The molecule has 24 heavy (non-hydrogen) atoms. The summed E-state index contributed by atoms with van der Waals surface area (Å²) in [5, 5.41) is 6.82. The van der Waals surface area contributed by atoms with E-state index in [1.807, 2.05) is 7.05 Å². The summed E-state index contributed by atoms with van der Waals surface area (Å²) in [6.07, 6.45) is 7.56. The van der Waals surface area contributed by atoms with Gasteiger partial charge >= 0.3 is 0 Å². The van der Waals surface area contributed by atoms with Crippen LogP contribution in [0.4, 0.5) is 0 Å². The van der Waals surface area contributed by atoms with Crippen molar-refractivity contribution < 1.29 is 4.74 Å². The van der Waals surface area contributed by atoms with Crippen LogP contribution in [0.3, 0.4) is 0 Å². The van der Waals surface area contributed by atoms with E-state index in [9.17, 15) is 0 Å². The van der Waals surface area contributed by atoms with Gasteiger partial charge in [0.2, 0.25) is 0 Å². The van der Waals surface area contributed by atoms with Crippen molar-refractivity contribution in [3.05, 3.63) is 42.0 Å². The fraction of sp³-hybridized carbons (Fsp3) is 0.526. The molecular weight excluding hydrogens is 413 g/mol. The van der Waals surface area contributed by atoms with E-state index in [0.29, 0.717) is 12.0 Å². The molecule has 0 saturated carbocycles. The van der Waals surface area contributed by atoms with Crippen molar-refractivity contribution in [3.63, 3.8) is 0 Å². The molecule has 0 aliphatic heterocycles. The molecule has 0 amide bonds. The Morgan fingerprint density at radius 2 is 1.88 bits per heavy atom. The van der Waals surface area contributed by atoms with Gasteiger partial charge in [-0.05, 0) is 42.9 Å². The third-order valence-electron chi connectivity index (χ3n) is 3.79. The first-order valence-corrected chi connectivity index (χ1v) is 8.51. The van der Waals surface area contributed by atoms with Crippen LogP contribution in [0.15, 0.2) is 41.4 Å². The minimum Gasteiger partial charge on any atom is -0.493 e. The van der Waals surface area contributed by atoms with E-state index >= 15 is 0 Å². The van der Waals surface area contributed by atoms with E-state index in [1.165, 1.54) is 5.56 Å². The van der Waals surface area contributed by atoms with Gasteiger partial charge in [0, 0.05) is 19.6 Å². The van der Waals surface area contributed by atoms with E-state index in [-0.39, 0.29) is 24.0 Å². The number of rotatable bonds is 7. The van der Waals surface area contributed by atoms with Gasteiger partial charge in [0.15, 0.2) is 5.96 Å². The topological polar surface area (TPSA) is 45.7 Å². The maximum atomic E-state index is 5.71. The molecule has 4 nitrogen and oxygen atoms in total. The normalized spacial score (nSPS) is 14.6. The number of nitrogens with zero attached hydrogens (tertiary/aromatic N) is 1. The van der Waals surface area contributed by atoms with Crippen LogP contribution in [0.25, 0.3) is 0 Å². The third kappa shape index (κ3) is 7.55. The van der Waals surface area contributed by atoms with Crippen molar-refractivity contribution in [3.8, 4) is 5.75 Å². The zero-order valence-electron chi connectivity index (χ0n) is 14.9. The van der Waals surface area contributed by atoms with Gasteiger partial charge in [-0.3, -0.25) is 4.99 Å². The van der Waals surface area contributed by atoms with E-state index < -0.39 is 0 Å². The van der Waals surface area contributed by atoms with Crippen LogP contribution in [0.5, 0.6) is 5.75 Å². The van der Waals surface area contributed by atoms with E-state index in [4.69, 9.17) is 4.74 Å². The van der Waals surface area contributed by atoms with Gasteiger partial charge in [-0.2, -0.15) is 0 Å². The highest BCUT2D eigenvalue weighted by atomic mass is 127. The maximum Gasteiger partial charge on any atom is 0.191 e. The van der Waals surface area contributed by atoms with E-state index in [2.05, 4.69) is 65.9 Å². The van der Waals surface area contributed by atoms with Gasteiger partial charge in [0.1, 0.15) is 5.75 Å². The highest BCUT2D eigenvalue weighted by Gasteiger charge is 2.11. The van der Waals surface area contributed by atoms with Crippen LogP contribution < -0.4 is 15.4 Å². The summed E-state index contributed by atoms with van der Waals surface area (Å²) in [4.78, 5) is 4.28. The van der Waals surface area contributed by atoms with Gasteiger partial charge in [0.25, 0.3) is 0 Å². The second-order valence-electron chi connectivity index (χ2n) is 6.38. The summed E-state index contributed by atoms with van der Waals surface area (Å²) in [5.74, 6) is 2.38. The Bertz CT molecular complexity index is 518. The fourth-order valence-electron chi connectivity index (χ4n) is 2.46. The largest absolute Gasteiger partial charge is 0.493 e. The Morgan fingerprint density at radius 1 is 1.21 bits per heavy atom. The Labute approximate surface area is 163 Å². The summed E-state index contributed by atoms with van der Waals surface area (Å²) >= 11 is 0. The number of nitrogens with one attached hydrogen (secondary N) is 2. The van der Waals surface area contributed by atoms with Crippen LogP contribution >= 0.6 is 24.0 Å². The predicted molar refractivity (Wildman–Crippen MR) is 113 cm³/mol. The minimum atomic E-state index is 0. The molecule has 0 aromatic heterocycles. The molecule has 0 unspecified atom stereocenters. The van der Waals surface area contributed by atoms with Gasteiger partial charge in [0.05, 0.1) is 6.61 Å². The average molecular weight is 443 g/mol. The number of ether oxygens (including phenoxy) is 1. The molecule has 134 valence electrons. The number of guanidine groups is 1. The van der Waals surface area contributed by atoms with Crippen molar-refractivity contribution in [2.24, 2.45) is 10.9 Å². The van der Waals surface area contributed by atoms with Crippen molar-refractivity contribution in [2.75, 3.05) is 20.2 Å². The second-order valence-corrected chi connectivity index (χ2v) is 6.38. The Kier molecular flexibility index (Phi) is 9.83. The lowest BCUT2D eigenvalue weighted by molar-refractivity contribution is 0.271. The molecule has 0 radical (unpaired) electrons. The molecule has 0 atom stereocenters. The number of hydrogen-bond donors (Lipinski definition) is 2. The molecular formula is C19H30IN3O. The van der Waals surface area contributed by atoms with Crippen LogP contribution in [0.2, 0.25) is 0 Å². The van der Waals surface area contributed by atoms with Crippen molar-refractivity contribution >= 4 is 29.9 Å². The molecule has 2 rings (SSSR count). The molecule has 1 aliphatic carbocycles. The fourth-order valence-corrected chi connectivity index (χ4v) is 2.46. The molecule has 0 saturated heterocycles. The Morgan fingerprint density at radius 3 is 2.46 bits per heavy atom. The quantitative estimate of drug-likeness (QED) is 0.292. The lowest BCUT2D eigenvalue weighted by atomic mass is 10.1. The molecule has 1 aromatic rings. The summed E-state index contributed by atoms with van der Waals surface area (Å²) in [6, 6.07) is 8.85. The number of halogens is 1. The third-order valence-corrected chi connectivity index (χ3v) is 3.79. The molecule has 1 aliphatic rings. The lowest BCUT2D eigenvalue weighted by Gasteiger charge is -2.17. The lowest BCUT2D eigenvalue weighted by Crippen LogP contribution is -2.43.